The van der Waals surface area contributed by atoms with E-state index in [-0.39, 0.29) is 5.91 Å². The number of para-hydroxylation sites is 1. The SMILES string of the molecule is COc1ccc(N(C)c2cc(C#N)nc3ccccc23)cc1OCCCCCCC(=O)NO. The Hall–Kier alpha value is -3.83. The van der Waals surface area contributed by atoms with Crippen LogP contribution < -0.4 is 19.9 Å². The second-order valence-electron chi connectivity index (χ2n) is 7.60. The molecule has 0 aliphatic heterocycles. The third-order valence-electron chi connectivity index (χ3n) is 5.39. The van der Waals surface area contributed by atoms with Gasteiger partial charge < -0.3 is 14.4 Å². The number of rotatable bonds is 11. The first-order valence-electron chi connectivity index (χ1n) is 10.8. The molecule has 2 aromatic carbocycles. The van der Waals surface area contributed by atoms with Crippen LogP contribution in [0, 0.1) is 11.3 Å². The standard InChI is InChI=1S/C25H28N4O4/c1-29(22-15-18(17-26)27-21-10-7-6-9-20(21)22)19-12-13-23(32-2)24(16-19)33-14-8-4-3-5-11-25(30)28-31/h6-7,9-10,12-13,15-16,31H,3-5,8,11,14H2,1-2H3,(H,28,30). The Labute approximate surface area is 193 Å². The molecule has 1 amide bonds. The van der Waals surface area contributed by atoms with Crippen molar-refractivity contribution in [1.29, 1.82) is 5.26 Å². The van der Waals surface area contributed by atoms with Crippen LogP contribution in [0.2, 0.25) is 0 Å². The van der Waals surface area contributed by atoms with E-state index in [0.717, 1.165) is 48.0 Å². The molecule has 1 heterocycles. The number of hydrogen-bond acceptors (Lipinski definition) is 7. The molecule has 0 radical (unpaired) electrons. The molecular weight excluding hydrogens is 420 g/mol. The van der Waals surface area contributed by atoms with E-state index in [1.54, 1.807) is 18.7 Å². The summed E-state index contributed by atoms with van der Waals surface area (Å²) in [7, 11) is 3.55. The third kappa shape index (κ3) is 6.11. The number of ether oxygens (including phenoxy) is 2. The normalized spacial score (nSPS) is 10.5. The lowest BCUT2D eigenvalue weighted by molar-refractivity contribution is -0.129. The Morgan fingerprint density at radius 3 is 2.67 bits per heavy atom. The molecule has 0 atom stereocenters. The van der Waals surface area contributed by atoms with Crippen molar-refractivity contribution in [2.75, 3.05) is 25.7 Å². The van der Waals surface area contributed by atoms with Crippen LogP contribution in [-0.4, -0.2) is 36.9 Å². The number of hydrogen-bond donors (Lipinski definition) is 2. The Morgan fingerprint density at radius 2 is 1.91 bits per heavy atom. The predicted octanol–water partition coefficient (Wildman–Crippen LogP) is 4.72. The van der Waals surface area contributed by atoms with E-state index < -0.39 is 0 Å². The minimum Gasteiger partial charge on any atom is -0.493 e. The Kier molecular flexibility index (Phi) is 8.44. The van der Waals surface area contributed by atoms with Crippen LogP contribution in [-0.2, 0) is 4.79 Å². The van der Waals surface area contributed by atoms with Gasteiger partial charge in [-0.3, -0.25) is 10.0 Å². The zero-order valence-corrected chi connectivity index (χ0v) is 18.9. The molecule has 3 aromatic rings. The number of fused-ring (bicyclic) bond motifs is 1. The number of pyridine rings is 1. The van der Waals surface area contributed by atoms with E-state index in [2.05, 4.69) is 11.1 Å². The number of benzene rings is 2. The van der Waals surface area contributed by atoms with E-state index in [0.29, 0.717) is 30.2 Å². The molecule has 0 aliphatic rings. The number of anilines is 2. The number of methoxy groups -OCH3 is 1. The van der Waals surface area contributed by atoms with Crippen molar-refractivity contribution in [3.63, 3.8) is 0 Å². The van der Waals surface area contributed by atoms with Gasteiger partial charge in [0.2, 0.25) is 5.91 Å². The number of carbonyl (C=O) groups is 1. The van der Waals surface area contributed by atoms with Crippen molar-refractivity contribution in [3.05, 3.63) is 54.2 Å². The first-order valence-corrected chi connectivity index (χ1v) is 10.8. The smallest absolute Gasteiger partial charge is 0.243 e. The van der Waals surface area contributed by atoms with Gasteiger partial charge in [-0.15, -0.1) is 0 Å². The quantitative estimate of drug-likeness (QED) is 0.248. The van der Waals surface area contributed by atoms with E-state index in [4.69, 9.17) is 14.7 Å². The zero-order chi connectivity index (χ0) is 23.6. The van der Waals surface area contributed by atoms with Gasteiger partial charge in [0.25, 0.3) is 0 Å². The van der Waals surface area contributed by atoms with E-state index in [1.807, 2.05) is 54.4 Å². The second-order valence-corrected chi connectivity index (χ2v) is 7.60. The molecule has 0 fully saturated rings. The lowest BCUT2D eigenvalue weighted by Gasteiger charge is -2.23. The average Bonchev–Trinajstić information content (AvgIpc) is 2.86. The summed E-state index contributed by atoms with van der Waals surface area (Å²) in [5.74, 6) is 0.922. The van der Waals surface area contributed by atoms with Crippen molar-refractivity contribution >= 4 is 28.2 Å². The molecule has 0 saturated carbocycles. The zero-order valence-electron chi connectivity index (χ0n) is 18.9. The average molecular weight is 449 g/mol. The maximum atomic E-state index is 11.0. The number of nitrogens with zero attached hydrogens (tertiary/aromatic N) is 3. The van der Waals surface area contributed by atoms with Crippen LogP contribution in [0.1, 0.15) is 37.8 Å². The molecule has 8 nitrogen and oxygen atoms in total. The lowest BCUT2D eigenvalue weighted by Crippen LogP contribution is -2.17. The molecule has 0 saturated heterocycles. The molecule has 0 unspecified atom stereocenters. The fraction of sp³-hybridized carbons (Fsp3) is 0.320. The van der Waals surface area contributed by atoms with Crippen molar-refractivity contribution in [2.45, 2.75) is 32.1 Å². The number of aromatic nitrogens is 1. The molecule has 0 spiro atoms. The van der Waals surface area contributed by atoms with Crippen molar-refractivity contribution < 1.29 is 19.5 Å². The van der Waals surface area contributed by atoms with Crippen LogP contribution in [0.4, 0.5) is 11.4 Å². The second kappa shape index (κ2) is 11.7. The molecular formula is C25H28N4O4. The topological polar surface area (TPSA) is 108 Å². The summed E-state index contributed by atoms with van der Waals surface area (Å²) in [5.41, 5.74) is 4.53. The van der Waals surface area contributed by atoms with Gasteiger partial charge in [0.15, 0.2) is 11.5 Å². The maximum Gasteiger partial charge on any atom is 0.243 e. The number of unbranched alkanes of at least 4 members (excludes halogenated alkanes) is 3. The summed E-state index contributed by atoms with van der Waals surface area (Å²) in [6.45, 7) is 0.520. The highest BCUT2D eigenvalue weighted by Gasteiger charge is 2.14. The van der Waals surface area contributed by atoms with Crippen molar-refractivity contribution in [2.24, 2.45) is 0 Å². The molecule has 2 N–H and O–H groups in total. The van der Waals surface area contributed by atoms with Gasteiger partial charge in [-0.05, 0) is 37.1 Å². The number of nitrogens with one attached hydrogen (secondary N) is 1. The lowest BCUT2D eigenvalue weighted by atomic mass is 10.1. The van der Waals surface area contributed by atoms with Crippen LogP contribution in [0.3, 0.4) is 0 Å². The van der Waals surface area contributed by atoms with Crippen LogP contribution in [0.25, 0.3) is 10.9 Å². The van der Waals surface area contributed by atoms with Gasteiger partial charge in [0.05, 0.1) is 24.9 Å². The van der Waals surface area contributed by atoms with Gasteiger partial charge in [-0.2, -0.15) is 5.26 Å². The molecule has 1 aromatic heterocycles. The number of carbonyl (C=O) groups excluding carboxylic acids is 1. The largest absolute Gasteiger partial charge is 0.493 e. The predicted molar refractivity (Wildman–Crippen MR) is 126 cm³/mol. The van der Waals surface area contributed by atoms with Crippen molar-refractivity contribution in [3.8, 4) is 17.6 Å². The first-order chi connectivity index (χ1) is 16.1. The van der Waals surface area contributed by atoms with E-state index in [1.165, 1.54) is 0 Å². The van der Waals surface area contributed by atoms with E-state index >= 15 is 0 Å². The highest BCUT2D eigenvalue weighted by molar-refractivity contribution is 5.94. The fourth-order valence-corrected chi connectivity index (χ4v) is 3.60. The van der Waals surface area contributed by atoms with Crippen LogP contribution in [0.15, 0.2) is 48.5 Å². The minimum atomic E-state index is -0.360. The molecule has 0 bridgehead atoms. The van der Waals surface area contributed by atoms with E-state index in [9.17, 15) is 10.1 Å². The molecule has 3 rings (SSSR count). The van der Waals surface area contributed by atoms with Gasteiger partial charge >= 0.3 is 0 Å². The summed E-state index contributed by atoms with van der Waals surface area (Å²) < 4.78 is 11.5. The number of nitriles is 1. The Balaban J connectivity index is 1.71. The fourth-order valence-electron chi connectivity index (χ4n) is 3.60. The molecule has 8 heteroatoms. The Bertz CT molecular complexity index is 1140. The van der Waals surface area contributed by atoms with Gasteiger partial charge in [0.1, 0.15) is 11.8 Å². The summed E-state index contributed by atoms with van der Waals surface area (Å²) in [5, 5.41) is 18.9. The summed E-state index contributed by atoms with van der Waals surface area (Å²) in [4.78, 5) is 17.4. The minimum absolute atomic E-state index is 0.316. The molecule has 0 aliphatic carbocycles. The van der Waals surface area contributed by atoms with Crippen LogP contribution in [0.5, 0.6) is 11.5 Å². The van der Waals surface area contributed by atoms with Crippen LogP contribution >= 0.6 is 0 Å². The summed E-state index contributed by atoms with van der Waals surface area (Å²) in [6.07, 6.45) is 3.68. The first kappa shape index (κ1) is 23.8. The number of hydroxylamine groups is 1. The highest BCUT2D eigenvalue weighted by atomic mass is 16.5. The summed E-state index contributed by atoms with van der Waals surface area (Å²) >= 11 is 0. The highest BCUT2D eigenvalue weighted by Crippen LogP contribution is 2.36. The Morgan fingerprint density at radius 1 is 1.12 bits per heavy atom. The van der Waals surface area contributed by atoms with Gasteiger partial charge in [0, 0.05) is 30.6 Å². The monoisotopic (exact) mass is 448 g/mol. The maximum absolute atomic E-state index is 11.0. The van der Waals surface area contributed by atoms with Gasteiger partial charge in [-0.25, -0.2) is 10.5 Å². The molecule has 33 heavy (non-hydrogen) atoms. The molecule has 172 valence electrons. The third-order valence-corrected chi connectivity index (χ3v) is 5.39. The number of amides is 1. The van der Waals surface area contributed by atoms with Crippen molar-refractivity contribution in [1.82, 2.24) is 10.5 Å². The summed E-state index contributed by atoms with van der Waals surface area (Å²) in [6, 6.07) is 17.4. The van der Waals surface area contributed by atoms with Gasteiger partial charge in [-0.1, -0.05) is 31.0 Å².